The summed E-state index contributed by atoms with van der Waals surface area (Å²) in [5, 5.41) is 4.50. The molecule has 1 aromatic carbocycles. The number of aromatic nitrogens is 4. The van der Waals surface area contributed by atoms with Gasteiger partial charge in [0, 0.05) is 49.4 Å². The van der Waals surface area contributed by atoms with Gasteiger partial charge in [-0.15, -0.1) is 0 Å². The van der Waals surface area contributed by atoms with Crippen LogP contribution in [0.4, 0.5) is 8.78 Å². The fraction of sp³-hybridized carbons (Fsp3) is 0.483. The molecular formula is C29H32F2N6O2. The van der Waals surface area contributed by atoms with E-state index in [1.165, 1.54) is 18.9 Å². The molecule has 0 radical (unpaired) electrons. The van der Waals surface area contributed by atoms with E-state index in [9.17, 15) is 13.6 Å². The van der Waals surface area contributed by atoms with Gasteiger partial charge < -0.3 is 24.1 Å². The number of halogens is 2. The molecule has 39 heavy (non-hydrogen) atoms. The van der Waals surface area contributed by atoms with E-state index in [2.05, 4.69) is 20.9 Å². The van der Waals surface area contributed by atoms with Crippen molar-refractivity contribution in [2.24, 2.45) is 11.8 Å². The summed E-state index contributed by atoms with van der Waals surface area (Å²) < 4.78 is 36.4. The molecular weight excluding hydrogens is 502 g/mol. The summed E-state index contributed by atoms with van der Waals surface area (Å²) in [5.74, 6) is 1.65. The summed E-state index contributed by atoms with van der Waals surface area (Å²) in [6.07, 6.45) is 6.23. The number of likely N-dealkylation sites (tertiary alicyclic amines) is 1. The van der Waals surface area contributed by atoms with Crippen molar-refractivity contribution in [1.29, 1.82) is 0 Å². The van der Waals surface area contributed by atoms with Gasteiger partial charge in [-0.05, 0) is 81.3 Å². The first kappa shape index (κ1) is 24.5. The van der Waals surface area contributed by atoms with E-state index in [4.69, 9.17) is 9.72 Å². The Morgan fingerprint density at radius 1 is 1.18 bits per heavy atom. The Labute approximate surface area is 225 Å². The molecule has 0 bridgehead atoms. The minimum absolute atomic E-state index is 0.0247. The Hall–Kier alpha value is -3.53. The number of amides is 1. The van der Waals surface area contributed by atoms with Crippen LogP contribution in [0.25, 0.3) is 33.6 Å². The number of aryl methyl sites for hydroxylation is 1. The smallest absolute Gasteiger partial charge is 0.387 e. The highest BCUT2D eigenvalue weighted by Crippen LogP contribution is 2.38. The number of carbonyl (C=O) groups is 1. The van der Waals surface area contributed by atoms with Gasteiger partial charge in [-0.3, -0.25) is 4.79 Å². The third kappa shape index (κ3) is 4.34. The van der Waals surface area contributed by atoms with Crippen LogP contribution in [0.5, 0.6) is 5.75 Å². The average molecular weight is 535 g/mol. The number of piperidine rings is 1. The van der Waals surface area contributed by atoms with Crippen molar-refractivity contribution >= 4 is 28.0 Å². The molecule has 10 heteroatoms. The third-order valence-electron chi connectivity index (χ3n) is 8.57. The Bertz CT molecular complexity index is 1560. The predicted octanol–water partition coefficient (Wildman–Crippen LogP) is 4.91. The van der Waals surface area contributed by atoms with Crippen molar-refractivity contribution in [3.63, 3.8) is 0 Å². The van der Waals surface area contributed by atoms with E-state index in [0.29, 0.717) is 53.9 Å². The summed E-state index contributed by atoms with van der Waals surface area (Å²) in [5.41, 5.74) is 3.04. The summed E-state index contributed by atoms with van der Waals surface area (Å²) in [6, 6.07) is 9.48. The number of hydrogen-bond acceptors (Lipinski definition) is 5. The third-order valence-corrected chi connectivity index (χ3v) is 8.57. The molecule has 2 atom stereocenters. The van der Waals surface area contributed by atoms with Crippen molar-refractivity contribution in [1.82, 2.24) is 29.3 Å². The van der Waals surface area contributed by atoms with Crippen molar-refractivity contribution in [3.05, 3.63) is 42.1 Å². The van der Waals surface area contributed by atoms with Gasteiger partial charge in [-0.25, -0.2) is 9.97 Å². The quantitative estimate of drug-likeness (QED) is 0.365. The molecule has 1 N–H and O–H groups in total. The number of carbonyl (C=O) groups excluding carboxylic acids is 1. The lowest BCUT2D eigenvalue weighted by molar-refractivity contribution is -0.0490. The van der Waals surface area contributed by atoms with Crippen molar-refractivity contribution in [2.75, 3.05) is 19.6 Å². The molecule has 2 saturated heterocycles. The Balaban J connectivity index is 1.35. The van der Waals surface area contributed by atoms with Gasteiger partial charge in [-0.1, -0.05) is 0 Å². The summed E-state index contributed by atoms with van der Waals surface area (Å²) >= 11 is 0. The molecule has 1 amide bonds. The number of pyridine rings is 1. The molecule has 204 valence electrons. The van der Waals surface area contributed by atoms with E-state index in [1.807, 2.05) is 28.5 Å². The van der Waals surface area contributed by atoms with Gasteiger partial charge in [0.25, 0.3) is 5.91 Å². The first-order valence-electron chi connectivity index (χ1n) is 14.0. The lowest BCUT2D eigenvalue weighted by Gasteiger charge is -2.35. The Morgan fingerprint density at radius 3 is 2.85 bits per heavy atom. The largest absolute Gasteiger partial charge is 0.432 e. The fourth-order valence-electron chi connectivity index (χ4n) is 6.46. The second kappa shape index (κ2) is 9.59. The molecule has 4 aromatic rings. The van der Waals surface area contributed by atoms with Gasteiger partial charge in [0.15, 0.2) is 11.6 Å². The van der Waals surface area contributed by atoms with Crippen molar-refractivity contribution < 1.29 is 18.3 Å². The number of fused-ring (bicyclic) bond motifs is 3. The number of ether oxygens (including phenoxy) is 1. The number of alkyl halides is 2. The van der Waals surface area contributed by atoms with Crippen LogP contribution in [0, 0.1) is 11.8 Å². The van der Waals surface area contributed by atoms with Crippen LogP contribution in [-0.2, 0) is 13.1 Å². The molecule has 1 aliphatic carbocycles. The fourth-order valence-corrected chi connectivity index (χ4v) is 6.46. The number of nitrogens with one attached hydrogen (secondary N) is 1. The maximum atomic E-state index is 13.6. The molecule has 7 rings (SSSR count). The second-order valence-electron chi connectivity index (χ2n) is 11.0. The van der Waals surface area contributed by atoms with Crippen molar-refractivity contribution in [3.8, 4) is 17.3 Å². The molecule has 1 saturated carbocycles. The zero-order chi connectivity index (χ0) is 26.7. The lowest BCUT2D eigenvalue weighted by Crippen LogP contribution is -2.48. The Morgan fingerprint density at radius 2 is 2.05 bits per heavy atom. The highest BCUT2D eigenvalue weighted by Gasteiger charge is 2.35. The van der Waals surface area contributed by atoms with E-state index in [1.54, 1.807) is 12.3 Å². The highest BCUT2D eigenvalue weighted by atomic mass is 19.3. The molecule has 0 spiro atoms. The van der Waals surface area contributed by atoms with Crippen LogP contribution in [-0.4, -0.2) is 62.2 Å². The predicted molar refractivity (Wildman–Crippen MR) is 144 cm³/mol. The molecule has 0 unspecified atom stereocenters. The van der Waals surface area contributed by atoms with Crippen molar-refractivity contribution in [2.45, 2.75) is 58.3 Å². The van der Waals surface area contributed by atoms with Gasteiger partial charge >= 0.3 is 6.61 Å². The van der Waals surface area contributed by atoms with Crippen LogP contribution >= 0.6 is 0 Å². The highest BCUT2D eigenvalue weighted by molar-refractivity contribution is 6.00. The maximum absolute atomic E-state index is 13.6. The van der Waals surface area contributed by atoms with Gasteiger partial charge in [0.05, 0.1) is 11.2 Å². The monoisotopic (exact) mass is 534 g/mol. The van der Waals surface area contributed by atoms with Crippen LogP contribution in [0.3, 0.4) is 0 Å². The van der Waals surface area contributed by atoms with E-state index in [0.717, 1.165) is 42.7 Å². The second-order valence-corrected chi connectivity index (χ2v) is 11.0. The Kier molecular flexibility index (Phi) is 6.02. The number of imidazole rings is 1. The normalized spacial score (nSPS) is 21.3. The average Bonchev–Trinajstić information content (AvgIpc) is 3.33. The van der Waals surface area contributed by atoms with Gasteiger partial charge in [-0.2, -0.15) is 8.78 Å². The maximum Gasteiger partial charge on any atom is 0.387 e. The van der Waals surface area contributed by atoms with Gasteiger partial charge in [0.1, 0.15) is 11.2 Å². The first-order valence-corrected chi connectivity index (χ1v) is 14.0. The first-order chi connectivity index (χ1) is 19.0. The number of benzene rings is 1. The minimum atomic E-state index is -3.02. The standard InChI is InChI=1S/C29H32F2N6O2/c1-2-36-25-21(34-27(36)23-13-19-4-3-9-33-26(19)37(23)15-17-5-6-17)12-20(14-24(25)39-29(30)31)28(38)35-11-8-18-7-10-32-22(18)16-35/h3-4,9,12-14,17-18,22,29,32H,2,5-8,10-11,15-16H2,1H3/t18-,22+/m1/s1. The van der Waals surface area contributed by atoms with Crippen LogP contribution in [0.1, 0.15) is 43.0 Å². The summed E-state index contributed by atoms with van der Waals surface area (Å²) in [4.78, 5) is 25.0. The van der Waals surface area contributed by atoms with E-state index < -0.39 is 6.61 Å². The van der Waals surface area contributed by atoms with Crippen LogP contribution in [0.2, 0.25) is 0 Å². The lowest BCUT2D eigenvalue weighted by atomic mass is 9.92. The molecule has 5 heterocycles. The zero-order valence-corrected chi connectivity index (χ0v) is 21.9. The van der Waals surface area contributed by atoms with Crippen LogP contribution in [0.15, 0.2) is 36.5 Å². The van der Waals surface area contributed by atoms with Crippen LogP contribution < -0.4 is 10.1 Å². The summed E-state index contributed by atoms with van der Waals surface area (Å²) in [6.45, 7) is 2.52. The molecule has 8 nitrogen and oxygen atoms in total. The number of rotatable bonds is 7. The van der Waals surface area contributed by atoms with E-state index in [-0.39, 0.29) is 17.7 Å². The van der Waals surface area contributed by atoms with Gasteiger partial charge in [0.2, 0.25) is 0 Å². The number of hydrogen-bond donors (Lipinski definition) is 1. The van der Waals surface area contributed by atoms with E-state index >= 15 is 0 Å². The molecule has 3 aliphatic rings. The zero-order valence-electron chi connectivity index (χ0n) is 21.9. The summed E-state index contributed by atoms with van der Waals surface area (Å²) in [7, 11) is 0. The SMILES string of the molecule is CCn1c(-c2cc3cccnc3n2CC2CC2)nc2cc(C(=O)N3CC[C@H]4CCN[C@H]4C3)cc(OC(F)F)c21. The topological polar surface area (TPSA) is 77.2 Å². The number of nitrogens with zero attached hydrogens (tertiary/aromatic N) is 5. The molecule has 2 aliphatic heterocycles. The minimum Gasteiger partial charge on any atom is -0.432 e. The molecule has 3 fully saturated rings. The molecule has 3 aromatic heterocycles.